The van der Waals surface area contributed by atoms with Gasteiger partial charge in [0.25, 0.3) is 0 Å². The molecule has 1 fully saturated rings. The first-order valence-electron chi connectivity index (χ1n) is 7.92. The summed E-state index contributed by atoms with van der Waals surface area (Å²) >= 11 is 0. The van der Waals surface area contributed by atoms with Gasteiger partial charge in [-0.2, -0.15) is 0 Å². The molecule has 1 atom stereocenters. The fraction of sp³-hybridized carbons (Fsp3) is 0.647. The molecule has 0 amide bonds. The number of benzene rings is 1. The Morgan fingerprint density at radius 2 is 1.71 bits per heavy atom. The number of hydrogen-bond donors (Lipinski definition) is 1. The highest BCUT2D eigenvalue weighted by molar-refractivity contribution is 5.44. The van der Waals surface area contributed by atoms with E-state index in [1.165, 1.54) is 44.3 Å². The maximum atomic E-state index is 6.02. The molecule has 1 aliphatic rings. The number of hydrogen-bond acceptors (Lipinski definition) is 4. The lowest BCUT2D eigenvalue weighted by Crippen LogP contribution is -2.32. The lowest BCUT2D eigenvalue weighted by atomic mass is 9.98. The fourth-order valence-corrected chi connectivity index (χ4v) is 3.05. The molecule has 1 heterocycles. The molecule has 1 unspecified atom stereocenters. The molecule has 1 aromatic rings. The van der Waals surface area contributed by atoms with Gasteiger partial charge < -0.3 is 20.1 Å². The van der Waals surface area contributed by atoms with Crippen molar-refractivity contribution < 1.29 is 9.47 Å². The molecule has 0 radical (unpaired) electrons. The van der Waals surface area contributed by atoms with Crippen LogP contribution in [0.1, 0.15) is 37.2 Å². The fourth-order valence-electron chi connectivity index (χ4n) is 3.05. The average molecular weight is 292 g/mol. The summed E-state index contributed by atoms with van der Waals surface area (Å²) in [5, 5.41) is 0. The quantitative estimate of drug-likeness (QED) is 0.875. The molecule has 2 N–H and O–H groups in total. The Balaban J connectivity index is 2.09. The van der Waals surface area contributed by atoms with Gasteiger partial charge in [0, 0.05) is 19.0 Å². The zero-order chi connectivity index (χ0) is 15.1. The zero-order valence-corrected chi connectivity index (χ0v) is 13.3. The van der Waals surface area contributed by atoms with Gasteiger partial charge in [-0.3, -0.25) is 0 Å². The van der Waals surface area contributed by atoms with E-state index in [0.717, 1.165) is 18.0 Å². The maximum absolute atomic E-state index is 6.02. The molecule has 2 rings (SSSR count). The maximum Gasteiger partial charge on any atom is 0.160 e. The van der Waals surface area contributed by atoms with Crippen molar-refractivity contribution in [2.24, 2.45) is 5.73 Å². The van der Waals surface area contributed by atoms with Crippen LogP contribution in [0.15, 0.2) is 18.2 Å². The summed E-state index contributed by atoms with van der Waals surface area (Å²) in [4.78, 5) is 2.56. The molecule has 21 heavy (non-hydrogen) atoms. The third-order valence-electron chi connectivity index (χ3n) is 4.34. The van der Waals surface area contributed by atoms with Gasteiger partial charge in [-0.25, -0.2) is 0 Å². The van der Waals surface area contributed by atoms with Crippen LogP contribution in [-0.4, -0.2) is 45.3 Å². The summed E-state index contributed by atoms with van der Waals surface area (Å²) in [7, 11) is 3.34. The molecule has 0 spiro atoms. The lowest BCUT2D eigenvalue weighted by molar-refractivity contribution is 0.267. The van der Waals surface area contributed by atoms with E-state index in [9.17, 15) is 0 Å². The van der Waals surface area contributed by atoms with Crippen LogP contribution in [0, 0.1) is 0 Å². The van der Waals surface area contributed by atoms with Gasteiger partial charge in [0.05, 0.1) is 14.2 Å². The monoisotopic (exact) mass is 292 g/mol. The first-order valence-corrected chi connectivity index (χ1v) is 7.92. The van der Waals surface area contributed by atoms with Gasteiger partial charge in [0.2, 0.25) is 0 Å². The predicted octanol–water partition coefficient (Wildman–Crippen LogP) is 2.62. The van der Waals surface area contributed by atoms with E-state index in [1.807, 2.05) is 6.07 Å². The van der Waals surface area contributed by atoms with E-state index in [1.54, 1.807) is 14.2 Å². The van der Waals surface area contributed by atoms with Gasteiger partial charge in [0.15, 0.2) is 11.5 Å². The molecular formula is C17H28N2O2. The molecule has 1 aliphatic heterocycles. The van der Waals surface area contributed by atoms with E-state index >= 15 is 0 Å². The Morgan fingerprint density at radius 1 is 1.05 bits per heavy atom. The molecule has 1 saturated heterocycles. The van der Waals surface area contributed by atoms with Crippen molar-refractivity contribution in [2.75, 3.05) is 40.4 Å². The zero-order valence-electron chi connectivity index (χ0n) is 13.3. The van der Waals surface area contributed by atoms with Crippen molar-refractivity contribution in [1.82, 2.24) is 4.90 Å². The van der Waals surface area contributed by atoms with Crippen molar-refractivity contribution in [3.8, 4) is 11.5 Å². The second kappa shape index (κ2) is 8.25. The first kappa shape index (κ1) is 16.1. The van der Waals surface area contributed by atoms with Crippen LogP contribution in [0.4, 0.5) is 0 Å². The lowest BCUT2D eigenvalue weighted by Gasteiger charge is -2.26. The molecular weight excluding hydrogens is 264 g/mol. The number of ether oxygens (including phenoxy) is 2. The number of rotatable bonds is 6. The Labute approximate surface area is 128 Å². The third-order valence-corrected chi connectivity index (χ3v) is 4.34. The van der Waals surface area contributed by atoms with E-state index in [4.69, 9.17) is 15.2 Å². The van der Waals surface area contributed by atoms with Gasteiger partial charge in [-0.15, -0.1) is 0 Å². The first-order chi connectivity index (χ1) is 10.3. The number of likely N-dealkylation sites (tertiary alicyclic amines) is 1. The van der Waals surface area contributed by atoms with E-state index < -0.39 is 0 Å². The van der Waals surface area contributed by atoms with Crippen LogP contribution in [0.5, 0.6) is 11.5 Å². The molecule has 4 heteroatoms. The smallest absolute Gasteiger partial charge is 0.160 e. The predicted molar refractivity (Wildman–Crippen MR) is 86.2 cm³/mol. The SMILES string of the molecule is COc1ccc(C(CN)CN2CCCCCC2)cc1OC. The van der Waals surface area contributed by atoms with Crippen molar-refractivity contribution >= 4 is 0 Å². The van der Waals surface area contributed by atoms with Gasteiger partial charge in [-0.05, 0) is 43.6 Å². The highest BCUT2D eigenvalue weighted by Gasteiger charge is 2.18. The van der Waals surface area contributed by atoms with Crippen LogP contribution >= 0.6 is 0 Å². The average Bonchev–Trinajstić information content (AvgIpc) is 2.80. The topological polar surface area (TPSA) is 47.7 Å². The number of nitrogens with zero attached hydrogens (tertiary/aromatic N) is 1. The Bertz CT molecular complexity index is 429. The molecule has 0 aromatic heterocycles. The van der Waals surface area contributed by atoms with Crippen LogP contribution in [-0.2, 0) is 0 Å². The Kier molecular flexibility index (Phi) is 6.33. The third kappa shape index (κ3) is 4.35. The highest BCUT2D eigenvalue weighted by Crippen LogP contribution is 2.31. The van der Waals surface area contributed by atoms with Gasteiger partial charge in [0.1, 0.15) is 0 Å². The highest BCUT2D eigenvalue weighted by atomic mass is 16.5. The van der Waals surface area contributed by atoms with E-state index in [2.05, 4.69) is 17.0 Å². The second-order valence-corrected chi connectivity index (χ2v) is 5.76. The summed E-state index contributed by atoms with van der Waals surface area (Å²) in [6, 6.07) is 6.14. The standard InChI is InChI=1S/C17H28N2O2/c1-20-16-8-7-14(11-17(16)21-2)15(12-18)13-19-9-5-3-4-6-10-19/h7-8,11,15H,3-6,9-10,12-13,18H2,1-2H3. The minimum Gasteiger partial charge on any atom is -0.493 e. The largest absolute Gasteiger partial charge is 0.493 e. The summed E-state index contributed by atoms with van der Waals surface area (Å²) in [5.41, 5.74) is 7.26. The van der Waals surface area contributed by atoms with Crippen LogP contribution in [0.2, 0.25) is 0 Å². The van der Waals surface area contributed by atoms with Crippen LogP contribution < -0.4 is 15.2 Å². The van der Waals surface area contributed by atoms with Crippen molar-refractivity contribution in [2.45, 2.75) is 31.6 Å². The van der Waals surface area contributed by atoms with Gasteiger partial charge >= 0.3 is 0 Å². The summed E-state index contributed by atoms with van der Waals surface area (Å²) in [5.74, 6) is 1.90. The summed E-state index contributed by atoms with van der Waals surface area (Å²) in [6.45, 7) is 4.09. The van der Waals surface area contributed by atoms with Crippen molar-refractivity contribution in [3.63, 3.8) is 0 Å². The minimum absolute atomic E-state index is 0.350. The molecule has 4 nitrogen and oxygen atoms in total. The normalized spacial score (nSPS) is 18.0. The van der Waals surface area contributed by atoms with Crippen molar-refractivity contribution in [3.05, 3.63) is 23.8 Å². The summed E-state index contributed by atoms with van der Waals surface area (Å²) in [6.07, 6.45) is 5.34. The van der Waals surface area contributed by atoms with Crippen molar-refractivity contribution in [1.29, 1.82) is 0 Å². The van der Waals surface area contributed by atoms with Gasteiger partial charge in [-0.1, -0.05) is 18.9 Å². The Morgan fingerprint density at radius 3 is 2.29 bits per heavy atom. The molecule has 1 aromatic carbocycles. The minimum atomic E-state index is 0.350. The number of nitrogens with two attached hydrogens (primary N) is 1. The molecule has 118 valence electrons. The second-order valence-electron chi connectivity index (χ2n) is 5.76. The number of methoxy groups -OCH3 is 2. The van der Waals surface area contributed by atoms with Crippen LogP contribution in [0.25, 0.3) is 0 Å². The molecule has 0 aliphatic carbocycles. The van der Waals surface area contributed by atoms with Crippen LogP contribution in [0.3, 0.4) is 0 Å². The molecule has 0 saturated carbocycles. The van der Waals surface area contributed by atoms with E-state index in [-0.39, 0.29) is 0 Å². The Hall–Kier alpha value is -1.26. The van der Waals surface area contributed by atoms with E-state index in [0.29, 0.717) is 12.5 Å². The molecule has 0 bridgehead atoms. The summed E-state index contributed by atoms with van der Waals surface area (Å²) < 4.78 is 10.7.